The zero-order valence-corrected chi connectivity index (χ0v) is 43.9. The molecule has 0 aromatic rings. The van der Waals surface area contributed by atoms with Crippen molar-refractivity contribution >= 4 is 5.97 Å². The molecular weight excluding hydrogens is 993 g/mol. The minimum absolute atomic E-state index is 0.0781. The highest BCUT2D eigenvalue weighted by molar-refractivity contribution is 5.73. The number of carboxylic acid groups (broad SMARTS) is 1. The van der Waals surface area contributed by atoms with Crippen molar-refractivity contribution in [3.8, 4) is 0 Å². The Bertz CT molecular complexity index is 2090. The predicted molar refractivity (Wildman–Crippen MR) is 254 cm³/mol. The van der Waals surface area contributed by atoms with E-state index in [0.717, 1.165) is 6.42 Å². The molecule has 9 aliphatic rings. The lowest BCUT2D eigenvalue weighted by Gasteiger charge is -2.72. The standard InChI is InChI=1S/C52H84O23/c1-21-29(57)32(60)36(64)44(70-21)73-38-31(59)25(56)18-69-45(38)74-39-34(62)33(61)37(42(66)67)72-46(39)71-28-11-12-49(4)26(50(28,5)20-54)10-13-52(7)27(49)9-8-22-23-16-47(2,19-53)40(65)41(48(23,3)14-15-51(22,52)6)75-43-35(63)30(58)24(55)17-68-43/h8,21,23-41,43-46,53-65H,9-20H2,1-7H3,(H,66,67)/t21-,23-,24-,25-,26+,27+,28-,29-,30-,31-,32+,33-,34-,35+,36+,37-,38+,39+,40-,41+,43-,44-,45-,46+,47+,48+,49-,50+,51+,52+/m0/s1. The Hall–Kier alpha value is -1.63. The normalized spacial score (nSPS) is 57.1. The Kier molecular flexibility index (Phi) is 16.0. The fourth-order valence-electron chi connectivity index (χ4n) is 16.1. The molecule has 5 aliphatic carbocycles. The van der Waals surface area contributed by atoms with Gasteiger partial charge in [0.2, 0.25) is 0 Å². The van der Waals surface area contributed by atoms with Crippen LogP contribution in [-0.2, 0) is 42.7 Å². The largest absolute Gasteiger partial charge is 0.479 e. The minimum Gasteiger partial charge on any atom is -0.479 e. The number of hydrogen-bond donors (Lipinski definition) is 14. The number of carbonyl (C=O) groups is 1. The summed E-state index contributed by atoms with van der Waals surface area (Å²) in [7, 11) is 0. The molecule has 4 saturated carbocycles. The number of fused-ring (bicyclic) bond motifs is 7. The lowest BCUT2D eigenvalue weighted by atomic mass is 9.33. The SMILES string of the molecule is C[C@@H]1O[C@@H](O[C@H]2[C@H](O[C@H]3[C@H](O[C@H]4CC[C@@]5(C)[C@@H](CC[C@]6(C)[C@@H]5CC=C5[C@@H]7C[C@](C)(CO)[C@@H](O)[C@@H](O[C@@H]8OC[C@H](O)[C@H](O)[C@H]8O)[C@]7(C)CC[C@]56C)[C@@]4(C)CO)O[C@H](C(=O)O)[C@@H](O)[C@@H]3O)OC[C@H](O)[C@@H]2O)[C@H](O)[C@H](O)[C@H]1O. The van der Waals surface area contributed by atoms with Crippen molar-refractivity contribution in [3.05, 3.63) is 11.6 Å². The van der Waals surface area contributed by atoms with E-state index in [1.54, 1.807) is 0 Å². The van der Waals surface area contributed by atoms with Gasteiger partial charge in [0, 0.05) is 16.2 Å². The molecule has 0 radical (unpaired) electrons. The van der Waals surface area contributed by atoms with Gasteiger partial charge in [-0.3, -0.25) is 0 Å². The summed E-state index contributed by atoms with van der Waals surface area (Å²) in [4.78, 5) is 12.5. The van der Waals surface area contributed by atoms with E-state index >= 15 is 0 Å². The van der Waals surface area contributed by atoms with E-state index in [4.69, 9.17) is 37.9 Å². The summed E-state index contributed by atoms with van der Waals surface area (Å²) in [6.45, 7) is 12.7. The van der Waals surface area contributed by atoms with Gasteiger partial charge < -0.3 is 109 Å². The third kappa shape index (κ3) is 9.11. The molecule has 9 rings (SSSR count). The van der Waals surface area contributed by atoms with Crippen LogP contribution in [0.25, 0.3) is 0 Å². The maximum Gasteiger partial charge on any atom is 0.335 e. The summed E-state index contributed by atoms with van der Waals surface area (Å²) < 4.78 is 48.3. The second-order valence-electron chi connectivity index (χ2n) is 25.3. The summed E-state index contributed by atoms with van der Waals surface area (Å²) in [6, 6.07) is 0. The van der Waals surface area contributed by atoms with Gasteiger partial charge in [0.25, 0.3) is 0 Å². The lowest BCUT2D eigenvalue weighted by Crippen LogP contribution is -2.69. The number of aliphatic carboxylic acids is 1. The van der Waals surface area contributed by atoms with Gasteiger partial charge in [-0.1, -0.05) is 53.2 Å². The van der Waals surface area contributed by atoms with E-state index in [2.05, 4.69) is 33.8 Å². The maximum atomic E-state index is 12.5. The van der Waals surface area contributed by atoms with E-state index in [1.807, 2.05) is 13.8 Å². The summed E-state index contributed by atoms with van der Waals surface area (Å²) in [5.74, 6) is -1.89. The smallest absolute Gasteiger partial charge is 0.335 e. The third-order valence-electron chi connectivity index (χ3n) is 21.3. The highest BCUT2D eigenvalue weighted by Crippen LogP contribution is 2.76. The molecule has 0 unspecified atom stereocenters. The Labute approximate surface area is 436 Å². The van der Waals surface area contributed by atoms with E-state index < -0.39 is 163 Å². The third-order valence-corrected chi connectivity index (χ3v) is 21.3. The first kappa shape index (κ1) is 58.0. The van der Waals surface area contributed by atoms with Crippen LogP contribution in [0.2, 0.25) is 0 Å². The molecule has 14 N–H and O–H groups in total. The number of aliphatic hydroxyl groups excluding tert-OH is 13. The number of rotatable bonds is 11. The van der Waals surface area contributed by atoms with Crippen LogP contribution < -0.4 is 0 Å². The summed E-state index contributed by atoms with van der Waals surface area (Å²) in [6.07, 6.45) is -25.7. The molecule has 23 nitrogen and oxygen atoms in total. The van der Waals surface area contributed by atoms with Crippen LogP contribution in [-0.4, -0.2) is 233 Å². The van der Waals surface area contributed by atoms with Crippen molar-refractivity contribution in [2.75, 3.05) is 26.4 Å². The molecule has 4 saturated heterocycles. The Morgan fingerprint density at radius 3 is 1.89 bits per heavy atom. The predicted octanol–water partition coefficient (Wildman–Crippen LogP) is -2.25. The second-order valence-corrected chi connectivity index (χ2v) is 25.3. The van der Waals surface area contributed by atoms with Crippen molar-refractivity contribution in [1.29, 1.82) is 0 Å². The molecule has 430 valence electrons. The van der Waals surface area contributed by atoms with Crippen LogP contribution in [0, 0.1) is 50.2 Å². The molecule has 8 fully saturated rings. The van der Waals surface area contributed by atoms with Gasteiger partial charge in [-0.15, -0.1) is 0 Å². The average Bonchev–Trinajstić information content (AvgIpc) is 3.37. The quantitative estimate of drug-likeness (QED) is 0.0768. The first-order valence-electron chi connectivity index (χ1n) is 26.9. The van der Waals surface area contributed by atoms with Gasteiger partial charge in [0.05, 0.1) is 50.8 Å². The zero-order chi connectivity index (χ0) is 54.9. The fourth-order valence-corrected chi connectivity index (χ4v) is 16.1. The van der Waals surface area contributed by atoms with Crippen molar-refractivity contribution in [3.63, 3.8) is 0 Å². The van der Waals surface area contributed by atoms with E-state index in [9.17, 15) is 76.3 Å². The summed E-state index contributed by atoms with van der Waals surface area (Å²) >= 11 is 0. The molecular formula is C52H84O23. The molecule has 4 heterocycles. The lowest BCUT2D eigenvalue weighted by molar-refractivity contribution is -0.387. The monoisotopic (exact) mass is 1080 g/mol. The van der Waals surface area contributed by atoms with Gasteiger partial charge in [-0.2, -0.15) is 0 Å². The van der Waals surface area contributed by atoms with Gasteiger partial charge >= 0.3 is 5.97 Å². The second kappa shape index (κ2) is 20.7. The van der Waals surface area contributed by atoms with Crippen molar-refractivity contribution < 1.29 is 114 Å². The molecule has 0 amide bonds. The van der Waals surface area contributed by atoms with Crippen molar-refractivity contribution in [1.82, 2.24) is 0 Å². The number of carboxylic acids is 1. The van der Waals surface area contributed by atoms with E-state index in [0.29, 0.717) is 44.9 Å². The zero-order valence-electron chi connectivity index (χ0n) is 43.9. The van der Waals surface area contributed by atoms with Crippen LogP contribution in [0.5, 0.6) is 0 Å². The summed E-state index contributed by atoms with van der Waals surface area (Å²) in [5, 5.41) is 153. The number of allylic oxidation sites excluding steroid dienone is 2. The van der Waals surface area contributed by atoms with Crippen LogP contribution in [0.15, 0.2) is 11.6 Å². The highest BCUT2D eigenvalue weighted by atomic mass is 16.8. The molecule has 0 aromatic heterocycles. The fraction of sp³-hybridized carbons (Fsp3) is 0.942. The minimum atomic E-state index is -2.07. The van der Waals surface area contributed by atoms with Gasteiger partial charge in [-0.25, -0.2) is 4.79 Å². The first-order valence-corrected chi connectivity index (χ1v) is 26.9. The average molecular weight is 1080 g/mol. The Balaban J connectivity index is 0.979. The number of aliphatic hydroxyl groups is 13. The van der Waals surface area contributed by atoms with Gasteiger partial charge in [0.1, 0.15) is 73.2 Å². The Morgan fingerprint density at radius 2 is 1.24 bits per heavy atom. The van der Waals surface area contributed by atoms with Crippen molar-refractivity contribution in [2.24, 2.45) is 50.2 Å². The van der Waals surface area contributed by atoms with Crippen LogP contribution in [0.4, 0.5) is 0 Å². The van der Waals surface area contributed by atoms with Crippen molar-refractivity contribution in [2.45, 2.75) is 229 Å². The highest BCUT2D eigenvalue weighted by Gasteiger charge is 2.71. The molecule has 75 heavy (non-hydrogen) atoms. The molecule has 0 aromatic carbocycles. The van der Waals surface area contributed by atoms with Crippen LogP contribution >= 0.6 is 0 Å². The molecule has 4 aliphatic heterocycles. The van der Waals surface area contributed by atoms with Crippen LogP contribution in [0.3, 0.4) is 0 Å². The van der Waals surface area contributed by atoms with E-state index in [-0.39, 0.29) is 48.4 Å². The molecule has 23 heteroatoms. The number of hydrogen-bond acceptors (Lipinski definition) is 22. The molecule has 0 bridgehead atoms. The van der Waals surface area contributed by atoms with E-state index in [1.165, 1.54) is 12.5 Å². The molecule has 0 spiro atoms. The Morgan fingerprint density at radius 1 is 0.613 bits per heavy atom. The van der Waals surface area contributed by atoms with Crippen LogP contribution in [0.1, 0.15) is 99.8 Å². The molecule has 30 atom stereocenters. The first-order chi connectivity index (χ1) is 35.1. The number of ether oxygens (including phenoxy) is 8. The van der Waals surface area contributed by atoms with Gasteiger partial charge in [-0.05, 0) is 92.3 Å². The topological polar surface area (TPSA) is 374 Å². The summed E-state index contributed by atoms with van der Waals surface area (Å²) in [5.41, 5.74) is -2.58. The maximum absolute atomic E-state index is 12.5. The van der Waals surface area contributed by atoms with Gasteiger partial charge in [0.15, 0.2) is 31.3 Å².